The molecule has 0 atom stereocenters. The number of carbonyl (C=O) groups is 1. The van der Waals surface area contributed by atoms with E-state index in [1.54, 1.807) is 12.1 Å². The molecule has 0 bridgehead atoms. The number of nitrogens with one attached hydrogen (secondary N) is 2. The van der Waals surface area contributed by atoms with E-state index in [0.717, 1.165) is 12.8 Å². The first kappa shape index (κ1) is 11.9. The highest BCUT2D eigenvalue weighted by atomic mass is 19.1. The molecular formula is C12H15FN2O2. The number of carbonyl (C=O) groups excluding carboxylic acids is 1. The molecule has 1 saturated carbocycles. The smallest absolute Gasteiger partial charge is 0.335 e. The molecule has 0 spiro atoms. The summed E-state index contributed by atoms with van der Waals surface area (Å²) in [7, 11) is 1.36. The Bertz CT molecular complexity index is 419. The molecule has 0 aliphatic heterocycles. The normalized spacial score (nSPS) is 16.4. The van der Waals surface area contributed by atoms with Crippen molar-refractivity contribution in [1.29, 1.82) is 0 Å². The van der Waals surface area contributed by atoms with Crippen LogP contribution in [0.2, 0.25) is 0 Å². The summed E-state index contributed by atoms with van der Waals surface area (Å²) in [6, 6.07) is 6.30. The second-order valence-electron chi connectivity index (χ2n) is 4.25. The van der Waals surface area contributed by atoms with Gasteiger partial charge in [0.2, 0.25) is 0 Å². The molecule has 1 aliphatic carbocycles. The van der Waals surface area contributed by atoms with Gasteiger partial charge in [-0.3, -0.25) is 4.84 Å². The fraction of sp³-hybridized carbons (Fsp3) is 0.417. The summed E-state index contributed by atoms with van der Waals surface area (Å²) < 4.78 is 13.6. The van der Waals surface area contributed by atoms with Crippen molar-refractivity contribution < 1.29 is 14.0 Å². The molecule has 4 nitrogen and oxygen atoms in total. The molecule has 2 N–H and O–H groups in total. The Morgan fingerprint density at radius 3 is 2.76 bits per heavy atom. The number of urea groups is 1. The highest BCUT2D eigenvalue weighted by Gasteiger charge is 2.45. The van der Waals surface area contributed by atoms with E-state index in [9.17, 15) is 9.18 Å². The van der Waals surface area contributed by atoms with Gasteiger partial charge in [-0.2, -0.15) is 0 Å². The van der Waals surface area contributed by atoms with E-state index in [1.165, 1.54) is 13.2 Å². The van der Waals surface area contributed by atoms with E-state index in [0.29, 0.717) is 12.1 Å². The zero-order valence-electron chi connectivity index (χ0n) is 9.63. The zero-order chi connectivity index (χ0) is 12.3. The predicted molar refractivity (Wildman–Crippen MR) is 60.9 cm³/mol. The lowest BCUT2D eigenvalue weighted by Gasteiger charge is -2.17. The second-order valence-corrected chi connectivity index (χ2v) is 4.25. The summed E-state index contributed by atoms with van der Waals surface area (Å²) in [5, 5.41) is 2.67. The summed E-state index contributed by atoms with van der Waals surface area (Å²) in [4.78, 5) is 15.7. The zero-order valence-corrected chi connectivity index (χ0v) is 9.63. The van der Waals surface area contributed by atoms with E-state index >= 15 is 0 Å². The number of hydroxylamine groups is 1. The van der Waals surface area contributed by atoms with Gasteiger partial charge in [-0.25, -0.2) is 14.7 Å². The molecule has 0 radical (unpaired) electrons. The van der Waals surface area contributed by atoms with Crippen molar-refractivity contribution in [2.75, 3.05) is 13.7 Å². The van der Waals surface area contributed by atoms with E-state index in [-0.39, 0.29) is 11.2 Å². The molecule has 5 heteroatoms. The van der Waals surface area contributed by atoms with Crippen LogP contribution in [0, 0.1) is 5.82 Å². The number of hydrogen-bond donors (Lipinski definition) is 2. The second kappa shape index (κ2) is 4.71. The van der Waals surface area contributed by atoms with Gasteiger partial charge < -0.3 is 5.32 Å². The summed E-state index contributed by atoms with van der Waals surface area (Å²) in [5.41, 5.74) is 2.61. The molecule has 1 aromatic rings. The Morgan fingerprint density at radius 2 is 2.18 bits per heavy atom. The third-order valence-electron chi connectivity index (χ3n) is 3.08. The molecule has 17 heavy (non-hydrogen) atoms. The number of rotatable bonds is 4. The van der Waals surface area contributed by atoms with Crippen molar-refractivity contribution >= 4 is 6.03 Å². The van der Waals surface area contributed by atoms with E-state index in [2.05, 4.69) is 15.6 Å². The summed E-state index contributed by atoms with van der Waals surface area (Å²) in [5.74, 6) is -0.209. The molecule has 2 rings (SSSR count). The van der Waals surface area contributed by atoms with Gasteiger partial charge in [0.15, 0.2) is 0 Å². The maximum Gasteiger partial charge on any atom is 0.338 e. The van der Waals surface area contributed by atoms with Gasteiger partial charge in [0.25, 0.3) is 0 Å². The van der Waals surface area contributed by atoms with Crippen LogP contribution in [0.15, 0.2) is 24.3 Å². The summed E-state index contributed by atoms with van der Waals surface area (Å²) in [6.45, 7) is 0.420. The lowest BCUT2D eigenvalue weighted by Crippen LogP contribution is -2.39. The van der Waals surface area contributed by atoms with Crippen LogP contribution in [0.25, 0.3) is 0 Å². The van der Waals surface area contributed by atoms with Gasteiger partial charge in [-0.15, -0.1) is 0 Å². The standard InChI is InChI=1S/C12H15FN2O2/c1-17-15-11(16)14-8-12(6-7-12)9-4-2-3-5-10(9)13/h2-5H,6-8H2,1H3,(H2,14,15,16). The first-order valence-electron chi connectivity index (χ1n) is 5.50. The van der Waals surface area contributed by atoms with Crippen molar-refractivity contribution in [3.63, 3.8) is 0 Å². The van der Waals surface area contributed by atoms with E-state index in [4.69, 9.17) is 0 Å². The van der Waals surface area contributed by atoms with Crippen LogP contribution in [0.3, 0.4) is 0 Å². The van der Waals surface area contributed by atoms with Crippen molar-refractivity contribution in [2.45, 2.75) is 18.3 Å². The van der Waals surface area contributed by atoms with Crippen LogP contribution in [-0.4, -0.2) is 19.7 Å². The van der Waals surface area contributed by atoms with Gasteiger partial charge >= 0.3 is 6.03 Å². The monoisotopic (exact) mass is 238 g/mol. The van der Waals surface area contributed by atoms with Crippen LogP contribution >= 0.6 is 0 Å². The molecule has 92 valence electrons. The van der Waals surface area contributed by atoms with Gasteiger partial charge in [-0.05, 0) is 24.5 Å². The van der Waals surface area contributed by atoms with Crippen molar-refractivity contribution in [2.24, 2.45) is 0 Å². The summed E-state index contributed by atoms with van der Waals surface area (Å²) in [6.07, 6.45) is 1.78. The van der Waals surface area contributed by atoms with Crippen LogP contribution in [-0.2, 0) is 10.3 Å². The first-order chi connectivity index (χ1) is 8.18. The largest absolute Gasteiger partial charge is 0.338 e. The molecule has 1 aromatic carbocycles. The maximum absolute atomic E-state index is 13.6. The highest BCUT2D eigenvalue weighted by molar-refractivity contribution is 5.72. The Kier molecular flexibility index (Phi) is 3.28. The SMILES string of the molecule is CONC(=O)NCC1(c2ccccc2F)CC1. The number of halogens is 1. The third-order valence-corrected chi connectivity index (χ3v) is 3.08. The van der Waals surface area contributed by atoms with Crippen LogP contribution in [0.5, 0.6) is 0 Å². The average molecular weight is 238 g/mol. The van der Waals surface area contributed by atoms with Gasteiger partial charge in [-0.1, -0.05) is 18.2 Å². The lowest BCUT2D eigenvalue weighted by atomic mass is 9.95. The molecule has 1 aliphatic rings. The average Bonchev–Trinajstić information content (AvgIpc) is 3.09. The fourth-order valence-electron chi connectivity index (χ4n) is 1.96. The Balaban J connectivity index is 2.01. The van der Waals surface area contributed by atoms with Gasteiger partial charge in [0.05, 0.1) is 7.11 Å². The van der Waals surface area contributed by atoms with Crippen LogP contribution in [0.1, 0.15) is 18.4 Å². The molecule has 2 amide bonds. The van der Waals surface area contributed by atoms with Crippen molar-refractivity contribution in [1.82, 2.24) is 10.8 Å². The van der Waals surface area contributed by atoms with Crippen molar-refractivity contribution in [3.8, 4) is 0 Å². The minimum atomic E-state index is -0.407. The molecule has 0 unspecified atom stereocenters. The van der Waals surface area contributed by atoms with Crippen molar-refractivity contribution in [3.05, 3.63) is 35.6 Å². The topological polar surface area (TPSA) is 50.4 Å². The minimum absolute atomic E-state index is 0.209. The quantitative estimate of drug-likeness (QED) is 0.785. The van der Waals surface area contributed by atoms with E-state index in [1.807, 2.05) is 6.07 Å². The van der Waals surface area contributed by atoms with Gasteiger partial charge in [0, 0.05) is 12.0 Å². The Hall–Kier alpha value is -1.62. The van der Waals surface area contributed by atoms with E-state index < -0.39 is 6.03 Å². The number of benzene rings is 1. The lowest BCUT2D eigenvalue weighted by molar-refractivity contribution is 0.107. The predicted octanol–water partition coefficient (Wildman–Crippen LogP) is 1.72. The summed E-state index contributed by atoms with van der Waals surface area (Å²) >= 11 is 0. The minimum Gasteiger partial charge on any atom is -0.335 e. The molecule has 0 aromatic heterocycles. The number of hydrogen-bond acceptors (Lipinski definition) is 2. The van der Waals surface area contributed by atoms with Crippen LogP contribution < -0.4 is 10.8 Å². The molecule has 0 heterocycles. The highest BCUT2D eigenvalue weighted by Crippen LogP contribution is 2.48. The molecule has 0 saturated heterocycles. The molecule has 1 fully saturated rings. The maximum atomic E-state index is 13.6. The van der Waals surface area contributed by atoms with Crippen LogP contribution in [0.4, 0.5) is 9.18 Å². The fourth-order valence-corrected chi connectivity index (χ4v) is 1.96. The molecular weight excluding hydrogens is 223 g/mol. The third kappa shape index (κ3) is 2.55. The van der Waals surface area contributed by atoms with Gasteiger partial charge in [0.1, 0.15) is 5.82 Å². The first-order valence-corrected chi connectivity index (χ1v) is 5.50. The Morgan fingerprint density at radius 1 is 1.47 bits per heavy atom. The Labute approximate surface area is 99.1 Å². The number of amides is 2.